The van der Waals surface area contributed by atoms with Crippen LogP contribution in [0.3, 0.4) is 0 Å². The van der Waals surface area contributed by atoms with E-state index in [0.29, 0.717) is 12.8 Å². The summed E-state index contributed by atoms with van der Waals surface area (Å²) in [5, 5.41) is 20.7. The van der Waals surface area contributed by atoms with Gasteiger partial charge in [-0.15, -0.1) is 0 Å². The van der Waals surface area contributed by atoms with Crippen LogP contribution in [0.4, 0.5) is 0 Å². The van der Waals surface area contributed by atoms with Crippen LogP contribution in [0.15, 0.2) is 30.5 Å². The van der Waals surface area contributed by atoms with Gasteiger partial charge in [0.1, 0.15) is 24.2 Å². The van der Waals surface area contributed by atoms with Gasteiger partial charge in [0, 0.05) is 30.1 Å². The Hall–Kier alpha value is -4.46. The fourth-order valence-corrected chi connectivity index (χ4v) is 4.88. The van der Waals surface area contributed by atoms with Crippen LogP contribution in [0.25, 0.3) is 10.9 Å². The van der Waals surface area contributed by atoms with Gasteiger partial charge in [-0.1, -0.05) is 32.0 Å². The number of carbonyl (C=O) groups excluding carboxylic acids is 5. The number of amides is 5. The van der Waals surface area contributed by atoms with Gasteiger partial charge < -0.3 is 42.0 Å². The highest BCUT2D eigenvalue weighted by Crippen LogP contribution is 2.21. The van der Waals surface area contributed by atoms with Gasteiger partial charge in [0.05, 0.1) is 13.1 Å². The molecule has 14 heteroatoms. The van der Waals surface area contributed by atoms with Crippen molar-refractivity contribution in [3.63, 3.8) is 0 Å². The number of aromatic nitrogens is 1. The number of para-hydroxylation sites is 1. The van der Waals surface area contributed by atoms with E-state index < -0.39 is 66.2 Å². The van der Waals surface area contributed by atoms with Gasteiger partial charge in [0.15, 0.2) is 0 Å². The number of likely N-dealkylation sites (tertiary alicyclic amines) is 1. The Kier molecular flexibility index (Phi) is 11.0. The van der Waals surface area contributed by atoms with Crippen molar-refractivity contribution in [2.45, 2.75) is 64.2 Å². The number of carbonyl (C=O) groups is 6. The number of aliphatic carboxylic acids is 1. The Morgan fingerprint density at radius 3 is 2.43 bits per heavy atom. The number of nitrogens with one attached hydrogen (secondary N) is 5. The molecule has 1 aliphatic heterocycles. The van der Waals surface area contributed by atoms with E-state index in [1.54, 1.807) is 20.0 Å². The number of fused-ring (bicyclic) bond motifs is 1. The van der Waals surface area contributed by atoms with Gasteiger partial charge >= 0.3 is 5.97 Å². The molecule has 1 aromatic heterocycles. The van der Waals surface area contributed by atoms with Crippen molar-refractivity contribution in [1.82, 2.24) is 31.2 Å². The molecule has 0 spiro atoms. The predicted octanol–water partition coefficient (Wildman–Crippen LogP) is -1.01. The lowest BCUT2D eigenvalue weighted by atomic mass is 10.0. The fourth-order valence-electron chi connectivity index (χ4n) is 4.88. The monoisotopic (exact) mass is 585 g/mol. The van der Waals surface area contributed by atoms with E-state index in [4.69, 9.17) is 5.73 Å². The molecule has 8 N–H and O–H groups in total. The molecule has 2 aromatic rings. The Balaban J connectivity index is 1.55. The van der Waals surface area contributed by atoms with Crippen LogP contribution in [0.2, 0.25) is 0 Å². The summed E-state index contributed by atoms with van der Waals surface area (Å²) in [6.07, 6.45) is 2.65. The number of hydrogen-bond acceptors (Lipinski definition) is 7. The first-order chi connectivity index (χ1) is 19.9. The van der Waals surface area contributed by atoms with E-state index in [2.05, 4.69) is 26.3 Å². The predicted molar refractivity (Wildman–Crippen MR) is 153 cm³/mol. The van der Waals surface area contributed by atoms with Gasteiger partial charge in [-0.25, -0.2) is 4.79 Å². The van der Waals surface area contributed by atoms with Gasteiger partial charge in [0.25, 0.3) is 0 Å². The second kappa shape index (κ2) is 14.4. The van der Waals surface area contributed by atoms with Crippen molar-refractivity contribution in [2.24, 2.45) is 11.7 Å². The number of hydrogen-bond donors (Lipinski definition) is 7. The molecule has 0 bridgehead atoms. The van der Waals surface area contributed by atoms with Crippen LogP contribution in [0.5, 0.6) is 0 Å². The number of rotatable bonds is 13. The molecular formula is C28H39N7O7. The number of nitrogens with zero attached hydrogens (tertiary/aromatic N) is 1. The number of H-pyrrole nitrogens is 1. The van der Waals surface area contributed by atoms with Crippen LogP contribution in [0, 0.1) is 5.92 Å². The number of aromatic amines is 1. The van der Waals surface area contributed by atoms with Crippen LogP contribution in [-0.4, -0.2) is 94.3 Å². The molecule has 5 amide bonds. The highest BCUT2D eigenvalue weighted by Gasteiger charge is 2.36. The molecule has 3 rings (SSSR count). The molecule has 14 nitrogen and oxygen atoms in total. The highest BCUT2D eigenvalue weighted by molar-refractivity contribution is 5.95. The summed E-state index contributed by atoms with van der Waals surface area (Å²) in [6.45, 7) is 4.47. The first-order valence-corrected chi connectivity index (χ1v) is 13.9. The second-order valence-electron chi connectivity index (χ2n) is 10.6. The average Bonchev–Trinajstić information content (AvgIpc) is 3.61. The van der Waals surface area contributed by atoms with E-state index in [0.717, 1.165) is 16.5 Å². The average molecular weight is 586 g/mol. The molecule has 1 fully saturated rings. The first-order valence-electron chi connectivity index (χ1n) is 13.9. The summed E-state index contributed by atoms with van der Waals surface area (Å²) in [5.41, 5.74) is 6.89. The van der Waals surface area contributed by atoms with Crippen molar-refractivity contribution in [3.8, 4) is 0 Å². The summed E-state index contributed by atoms with van der Waals surface area (Å²) >= 11 is 0. The van der Waals surface area contributed by atoms with Crippen LogP contribution in [-0.2, 0) is 35.2 Å². The minimum atomic E-state index is -1.21. The molecule has 0 radical (unpaired) electrons. The molecular weight excluding hydrogens is 546 g/mol. The number of carboxylic acids is 1. The maximum absolute atomic E-state index is 13.1. The maximum atomic E-state index is 13.1. The standard InChI is InChI=1S/C28H39N7O7/c1-15(2)24(34-22(36)12-29)27(40)32-16(3)25(38)31-14-23(37)35-10-6-9-21(35)26(39)33-20(28(41)42)11-17-13-30-19-8-5-4-7-18(17)19/h4-5,7-8,13,15-16,20-21,24,30H,6,9-12,14,29H2,1-3H3,(H,31,38)(H,32,40)(H,33,39)(H,34,36)(H,41,42)/t16-,20-,21-,24-/m0/s1. The van der Waals surface area contributed by atoms with Crippen LogP contribution >= 0.6 is 0 Å². The van der Waals surface area contributed by atoms with Crippen molar-refractivity contribution in [3.05, 3.63) is 36.0 Å². The topological polar surface area (TPSA) is 216 Å². The molecule has 4 atom stereocenters. The normalized spacial score (nSPS) is 16.9. The molecule has 0 saturated carbocycles. The van der Waals surface area contributed by atoms with Crippen molar-refractivity contribution in [2.75, 3.05) is 19.6 Å². The zero-order chi connectivity index (χ0) is 31.0. The molecule has 0 aliphatic carbocycles. The zero-order valence-corrected chi connectivity index (χ0v) is 23.9. The number of nitrogens with two attached hydrogens (primary N) is 1. The quantitative estimate of drug-likeness (QED) is 0.154. The van der Waals surface area contributed by atoms with E-state index in [9.17, 15) is 33.9 Å². The molecule has 0 unspecified atom stereocenters. The van der Waals surface area contributed by atoms with Gasteiger partial charge in [-0.05, 0) is 37.3 Å². The third-order valence-electron chi connectivity index (χ3n) is 7.21. The number of carboxylic acid groups (broad SMARTS) is 1. The highest BCUT2D eigenvalue weighted by atomic mass is 16.4. The molecule has 228 valence electrons. The van der Waals surface area contributed by atoms with E-state index in [1.807, 2.05) is 24.3 Å². The largest absolute Gasteiger partial charge is 0.480 e. The molecule has 1 aliphatic rings. The Morgan fingerprint density at radius 1 is 1.05 bits per heavy atom. The van der Waals surface area contributed by atoms with Gasteiger partial charge in [-0.3, -0.25) is 24.0 Å². The fraction of sp³-hybridized carbons (Fsp3) is 0.500. The minimum Gasteiger partial charge on any atom is -0.480 e. The van der Waals surface area contributed by atoms with E-state index >= 15 is 0 Å². The maximum Gasteiger partial charge on any atom is 0.326 e. The zero-order valence-electron chi connectivity index (χ0n) is 23.9. The van der Waals surface area contributed by atoms with Crippen LogP contribution in [0.1, 0.15) is 39.2 Å². The lowest BCUT2D eigenvalue weighted by molar-refractivity contribution is -0.144. The summed E-state index contributed by atoms with van der Waals surface area (Å²) in [6, 6.07) is 3.44. The minimum absolute atomic E-state index is 0.0546. The summed E-state index contributed by atoms with van der Waals surface area (Å²) < 4.78 is 0. The van der Waals surface area contributed by atoms with E-state index in [-0.39, 0.29) is 25.4 Å². The smallest absolute Gasteiger partial charge is 0.326 e. The summed E-state index contributed by atoms with van der Waals surface area (Å²) in [4.78, 5) is 79.3. The second-order valence-corrected chi connectivity index (χ2v) is 10.6. The molecule has 42 heavy (non-hydrogen) atoms. The van der Waals surface area contributed by atoms with Crippen LogP contribution < -0.4 is 27.0 Å². The lowest BCUT2D eigenvalue weighted by Gasteiger charge is -2.26. The summed E-state index contributed by atoms with van der Waals surface area (Å²) in [7, 11) is 0. The van der Waals surface area contributed by atoms with Crippen molar-refractivity contribution < 1.29 is 33.9 Å². The first kappa shape index (κ1) is 32.1. The SMILES string of the molecule is CC(C)[C@H](NC(=O)CN)C(=O)N[C@@H](C)C(=O)NCC(=O)N1CCC[C@H]1C(=O)N[C@@H](Cc1c[nH]c2ccccc12)C(=O)O. The van der Waals surface area contributed by atoms with E-state index in [1.165, 1.54) is 11.8 Å². The van der Waals surface area contributed by atoms with Crippen molar-refractivity contribution in [1.29, 1.82) is 0 Å². The Labute approximate surface area is 243 Å². The lowest BCUT2D eigenvalue weighted by Crippen LogP contribution is -2.56. The Morgan fingerprint density at radius 2 is 1.76 bits per heavy atom. The molecule has 1 aromatic carbocycles. The van der Waals surface area contributed by atoms with Gasteiger partial charge in [0.2, 0.25) is 29.5 Å². The third-order valence-corrected chi connectivity index (χ3v) is 7.21. The molecule has 1 saturated heterocycles. The Bertz CT molecular complexity index is 1320. The number of benzene rings is 1. The molecule has 2 heterocycles. The van der Waals surface area contributed by atoms with Crippen molar-refractivity contribution >= 4 is 46.4 Å². The summed E-state index contributed by atoms with van der Waals surface area (Å²) in [5.74, 6) is -4.28. The van der Waals surface area contributed by atoms with Gasteiger partial charge in [-0.2, -0.15) is 0 Å². The third kappa shape index (κ3) is 8.06.